The fourth-order valence-electron chi connectivity index (χ4n) is 8.25. The molecule has 2 saturated heterocycles. The molecule has 4 unspecified atom stereocenters. The van der Waals surface area contributed by atoms with Gasteiger partial charge < -0.3 is 65.9 Å². The summed E-state index contributed by atoms with van der Waals surface area (Å²) in [5.74, 6) is -3.55. The summed E-state index contributed by atoms with van der Waals surface area (Å²) < 4.78 is 16.4. The largest absolute Gasteiger partial charge is 0.479 e. The molecule has 2 fully saturated rings. The first-order valence-corrected chi connectivity index (χ1v) is 24.3. The third kappa shape index (κ3) is 16.8. The maximum atomic E-state index is 13.6. The number of aliphatic carboxylic acids is 1. The zero-order valence-electron chi connectivity index (χ0n) is 40.8. The molecule has 6 rings (SSSR count). The van der Waals surface area contributed by atoms with Gasteiger partial charge in [0.15, 0.2) is 6.10 Å². The lowest BCUT2D eigenvalue weighted by molar-refractivity contribution is -0.271. The minimum absolute atomic E-state index is 0.0658. The highest BCUT2D eigenvalue weighted by atomic mass is 16.7. The maximum Gasteiger partial charge on any atom is 0.411 e. The summed E-state index contributed by atoms with van der Waals surface area (Å²) >= 11 is 0. The molecule has 0 spiro atoms. The van der Waals surface area contributed by atoms with E-state index in [-0.39, 0.29) is 79.3 Å². The number of carbonyl (C=O) groups excluding carboxylic acids is 6. The second kappa shape index (κ2) is 27.3. The number of anilines is 3. The predicted octanol–water partition coefficient (Wildman–Crippen LogP) is 1.71. The van der Waals surface area contributed by atoms with Gasteiger partial charge in [0.05, 0.1) is 23.2 Å². The average Bonchev–Trinajstić information content (AvgIpc) is 3.71. The van der Waals surface area contributed by atoms with E-state index in [1.807, 2.05) is 0 Å². The van der Waals surface area contributed by atoms with E-state index >= 15 is 0 Å². The number of carbonyl (C=O) groups is 7. The van der Waals surface area contributed by atoms with Gasteiger partial charge in [-0.05, 0) is 93.0 Å². The van der Waals surface area contributed by atoms with Crippen molar-refractivity contribution in [3.63, 3.8) is 0 Å². The lowest BCUT2D eigenvalue weighted by Crippen LogP contribution is -2.61. The zero-order valence-corrected chi connectivity index (χ0v) is 40.8. The van der Waals surface area contributed by atoms with Gasteiger partial charge in [0.2, 0.25) is 30.3 Å². The van der Waals surface area contributed by atoms with Crippen molar-refractivity contribution in [3.05, 3.63) is 90.3 Å². The Hall–Kier alpha value is -8.02. The number of nitrogens with one attached hydrogen (secondary N) is 5. The fourth-order valence-corrected chi connectivity index (χ4v) is 8.25. The highest BCUT2D eigenvalue weighted by Crippen LogP contribution is 2.32. The van der Waals surface area contributed by atoms with Gasteiger partial charge in [0, 0.05) is 75.2 Å². The summed E-state index contributed by atoms with van der Waals surface area (Å²) in [6, 6.07) is 13.9. The molecule has 4 heterocycles. The number of carboxylic acids is 1. The van der Waals surface area contributed by atoms with Gasteiger partial charge in [0.1, 0.15) is 30.7 Å². The summed E-state index contributed by atoms with van der Waals surface area (Å²) in [6.07, 6.45) is 0.839. The van der Waals surface area contributed by atoms with Crippen molar-refractivity contribution < 1.29 is 73.3 Å². The number of benzene rings is 2. The molecular formula is C50H60N10O15. The van der Waals surface area contributed by atoms with Crippen molar-refractivity contribution in [2.45, 2.75) is 107 Å². The number of pyridine rings is 1. The van der Waals surface area contributed by atoms with Crippen molar-refractivity contribution >= 4 is 64.6 Å². The number of unbranched alkanes of at least 4 members (excludes halogenated alkanes) is 3. The number of hydrogen-bond donors (Lipinski definition) is 10. The summed E-state index contributed by atoms with van der Waals surface area (Å²) in [5, 5.41) is 74.9. The molecule has 3 aliphatic heterocycles. The molecule has 0 saturated carbocycles. The Labute approximate surface area is 430 Å². The third-order valence-electron chi connectivity index (χ3n) is 12.4. The zero-order chi connectivity index (χ0) is 53.9. The van der Waals surface area contributed by atoms with Crippen molar-refractivity contribution in [1.82, 2.24) is 25.4 Å². The van der Waals surface area contributed by atoms with Crippen molar-refractivity contribution in [3.8, 4) is 11.9 Å². The van der Waals surface area contributed by atoms with Crippen LogP contribution in [0, 0.1) is 11.5 Å². The number of nitrogens with zero attached hydrogens (tertiary/aromatic N) is 5. The Kier molecular flexibility index (Phi) is 20.5. The van der Waals surface area contributed by atoms with E-state index < -0.39 is 54.3 Å². The summed E-state index contributed by atoms with van der Waals surface area (Å²) in [7, 11) is 0. The van der Waals surface area contributed by atoms with Crippen molar-refractivity contribution in [2.75, 3.05) is 48.7 Å². The van der Waals surface area contributed by atoms with Crippen LogP contribution < -0.4 is 31.3 Å². The van der Waals surface area contributed by atoms with E-state index in [2.05, 4.69) is 36.6 Å². The minimum Gasteiger partial charge on any atom is -0.479 e. The van der Waals surface area contributed by atoms with Crippen LogP contribution >= 0.6 is 0 Å². The van der Waals surface area contributed by atoms with E-state index in [9.17, 15) is 59.1 Å². The highest BCUT2D eigenvalue weighted by molar-refractivity contribution is 6.12. The number of carboxylic acid groups (broad SMARTS) is 1. The molecule has 1 aromatic heterocycles. The van der Waals surface area contributed by atoms with E-state index in [1.165, 1.54) is 36.4 Å². The molecule has 0 radical (unpaired) electrons. The summed E-state index contributed by atoms with van der Waals surface area (Å²) in [6.45, 7) is 0.911. The molecule has 0 bridgehead atoms. The number of piperidine rings is 1. The van der Waals surface area contributed by atoms with Gasteiger partial charge in [-0.2, -0.15) is 5.26 Å². The van der Waals surface area contributed by atoms with Gasteiger partial charge in [0.25, 0.3) is 17.7 Å². The molecule has 5 atom stereocenters. The first-order valence-electron chi connectivity index (χ1n) is 24.3. The normalized spacial score (nSPS) is 20.1. The highest BCUT2D eigenvalue weighted by Gasteiger charge is 2.48. The van der Waals surface area contributed by atoms with Crippen LogP contribution in [0.25, 0.3) is 0 Å². The number of ether oxygens (including phenoxy) is 3. The van der Waals surface area contributed by atoms with Crippen LogP contribution in [0.1, 0.15) is 80.1 Å². The molecule has 400 valence electrons. The molecular weight excluding hydrogens is 981 g/mol. The van der Waals surface area contributed by atoms with Crippen LogP contribution in [0.15, 0.2) is 84.1 Å². The van der Waals surface area contributed by atoms with E-state index in [4.69, 9.17) is 19.5 Å². The first kappa shape index (κ1) is 56.3. The number of amides is 6. The number of imide groups is 1. The number of aliphatic hydroxyl groups is 4. The monoisotopic (exact) mass is 1040 g/mol. The predicted molar refractivity (Wildman–Crippen MR) is 265 cm³/mol. The standard InChI is InChI=1S/C50H60N10O15/c51-30-55-48(56-34-10-7-20-52-28-34)54-21-4-3-17-50(72)18-24-59(25-19-50)45(68)32-8-6-9-33(27-32)57-49(71)73-29-31-12-13-36(74-47-43(67)41(65)42(66)44(75-47)46(69)70)35(26-31)58-38(62)16-22-53-37(61)11-2-1-5-23-60-39(63)14-15-40(60)64/h6-10,12-15,20,26-28,41-44,47,65-67,72H,1-5,11,16-19,21-25,29H2,(H,53,61)(H,57,71)(H,58,62)(H,69,70)(H2,54,55,56)/t41?,42?,43?,44?,47-/m1/s1. The van der Waals surface area contributed by atoms with Crippen LogP contribution in [0.4, 0.5) is 21.9 Å². The Morgan fingerprint density at radius 1 is 0.827 bits per heavy atom. The SMILES string of the molecule is N#C/N=C(\NCCCCC1(O)CCN(C(=O)c2cccc(NC(=O)OCc3ccc(O[C@@H]4OC(C(=O)O)C(O)C(O)C4O)c(NC(=O)CCNC(=O)CCCCCN4C(=O)C=CC4=O)c3)c2)CC1)Nc1cccnc1. The van der Waals surface area contributed by atoms with Crippen LogP contribution in [-0.2, 0) is 40.1 Å². The fraction of sp³-hybridized carbons (Fsp3) is 0.440. The number of hydrogen-bond acceptors (Lipinski definition) is 17. The lowest BCUT2D eigenvalue weighted by Gasteiger charge is -2.38. The van der Waals surface area contributed by atoms with Crippen LogP contribution in [0.2, 0.25) is 0 Å². The maximum absolute atomic E-state index is 13.6. The number of rotatable bonds is 23. The van der Waals surface area contributed by atoms with E-state index in [0.29, 0.717) is 87.8 Å². The Morgan fingerprint density at radius 2 is 1.59 bits per heavy atom. The van der Waals surface area contributed by atoms with Crippen molar-refractivity contribution in [1.29, 1.82) is 5.26 Å². The van der Waals surface area contributed by atoms with Crippen LogP contribution in [0.5, 0.6) is 5.75 Å². The molecule has 2 aromatic carbocycles. The number of nitriles is 1. The quantitative estimate of drug-likeness (QED) is 0.0212. The van der Waals surface area contributed by atoms with Gasteiger partial charge in [-0.1, -0.05) is 18.6 Å². The molecule has 0 aliphatic carbocycles. The third-order valence-corrected chi connectivity index (χ3v) is 12.4. The van der Waals surface area contributed by atoms with Crippen molar-refractivity contribution in [2.24, 2.45) is 4.99 Å². The molecule has 75 heavy (non-hydrogen) atoms. The van der Waals surface area contributed by atoms with Crippen LogP contribution in [-0.4, -0.2) is 157 Å². The van der Waals surface area contributed by atoms with Gasteiger partial charge in [-0.25, -0.2) is 9.59 Å². The number of guanidine groups is 1. The Bertz CT molecular complexity index is 2600. The molecule has 3 aliphatic rings. The lowest BCUT2D eigenvalue weighted by atomic mass is 9.86. The summed E-state index contributed by atoms with van der Waals surface area (Å²) in [5.41, 5.74) is 0.486. The van der Waals surface area contributed by atoms with Crippen LogP contribution in [0.3, 0.4) is 0 Å². The van der Waals surface area contributed by atoms with Gasteiger partial charge in [-0.3, -0.25) is 39.2 Å². The smallest absolute Gasteiger partial charge is 0.411 e. The van der Waals surface area contributed by atoms with Gasteiger partial charge in [-0.15, -0.1) is 4.99 Å². The average molecular weight is 1040 g/mol. The first-order chi connectivity index (χ1) is 36.0. The minimum atomic E-state index is -1.99. The number of aliphatic hydroxyl groups excluding tert-OH is 3. The molecule has 25 nitrogen and oxygen atoms in total. The molecule has 6 amide bonds. The molecule has 3 aromatic rings. The number of aromatic nitrogens is 1. The number of aliphatic imine (C=N–C) groups is 1. The summed E-state index contributed by atoms with van der Waals surface area (Å²) in [4.78, 5) is 97.9. The Balaban J connectivity index is 0.974. The topological polar surface area (TPSA) is 364 Å². The number of likely N-dealkylation sites (tertiary alicyclic amines) is 1. The second-order valence-electron chi connectivity index (χ2n) is 17.9. The van der Waals surface area contributed by atoms with E-state index in [1.54, 1.807) is 53.8 Å². The Morgan fingerprint density at radius 3 is 2.31 bits per heavy atom. The second-order valence-corrected chi connectivity index (χ2v) is 17.9. The molecule has 10 N–H and O–H groups in total. The van der Waals surface area contributed by atoms with E-state index in [0.717, 1.165) is 4.90 Å². The molecule has 25 heteroatoms. The van der Waals surface area contributed by atoms with Gasteiger partial charge >= 0.3 is 12.1 Å².